The maximum Gasteiger partial charge on any atom is 0.269 e. The number of phenolic OH excluding ortho intramolecular Hbond substituents is 1. The predicted octanol–water partition coefficient (Wildman–Crippen LogP) is 5.12. The summed E-state index contributed by atoms with van der Waals surface area (Å²) in [5.74, 6) is -0.308. The van der Waals surface area contributed by atoms with E-state index in [1.54, 1.807) is 25.1 Å². The van der Waals surface area contributed by atoms with Gasteiger partial charge in [0.2, 0.25) is 0 Å². The van der Waals surface area contributed by atoms with Crippen LogP contribution in [-0.4, -0.2) is 28.5 Å². The van der Waals surface area contributed by atoms with Crippen LogP contribution in [-0.2, 0) is 17.6 Å². The van der Waals surface area contributed by atoms with Gasteiger partial charge < -0.3 is 15.6 Å². The van der Waals surface area contributed by atoms with Crippen molar-refractivity contribution in [2.75, 3.05) is 6.54 Å². The molecule has 0 unspecified atom stereocenters. The Morgan fingerprint density at radius 2 is 1.68 bits per heavy atom. The molecule has 0 aliphatic rings. The van der Waals surface area contributed by atoms with Crippen molar-refractivity contribution in [1.29, 1.82) is 0 Å². The second-order valence-corrected chi connectivity index (χ2v) is 8.53. The lowest BCUT2D eigenvalue weighted by Crippen LogP contribution is -2.33. The highest BCUT2D eigenvalue weighted by atomic mass is 79.9. The minimum absolute atomic E-state index is 0.0614. The van der Waals surface area contributed by atoms with E-state index >= 15 is 0 Å². The van der Waals surface area contributed by atoms with Crippen LogP contribution < -0.4 is 5.32 Å². The normalized spacial score (nSPS) is 11.4. The van der Waals surface area contributed by atoms with Gasteiger partial charge in [0, 0.05) is 21.9 Å². The first-order valence-corrected chi connectivity index (χ1v) is 10.4. The Hall–Kier alpha value is -1.78. The van der Waals surface area contributed by atoms with E-state index in [9.17, 15) is 20.0 Å². The molecule has 0 heterocycles. The molecule has 7 nitrogen and oxygen atoms in total. The van der Waals surface area contributed by atoms with Crippen LogP contribution in [0.3, 0.4) is 0 Å². The summed E-state index contributed by atoms with van der Waals surface area (Å²) in [6, 6.07) is 6.89. The molecule has 0 fully saturated rings. The van der Waals surface area contributed by atoms with Crippen molar-refractivity contribution < 1.29 is 15.1 Å². The number of halogens is 3. The molecule has 2 aromatic carbocycles. The Morgan fingerprint density at radius 1 is 1.07 bits per heavy atom. The molecule has 148 valence electrons. The molecule has 0 spiro atoms. The monoisotopic (exact) mass is 575 g/mol. The van der Waals surface area contributed by atoms with E-state index in [0.717, 1.165) is 11.1 Å². The first-order valence-electron chi connectivity index (χ1n) is 8.05. The number of carbonyl (C=O) groups excluding carboxylic acids is 1. The zero-order chi connectivity index (χ0) is 20.8. The Kier molecular flexibility index (Phi) is 8.14. The summed E-state index contributed by atoms with van der Waals surface area (Å²) in [7, 11) is 0. The number of nitroso groups, excluding NO2 is 1. The van der Waals surface area contributed by atoms with E-state index in [1.807, 2.05) is 6.07 Å². The number of rotatable bonds is 7. The van der Waals surface area contributed by atoms with Crippen LogP contribution in [0.25, 0.3) is 0 Å². The maximum atomic E-state index is 12.3. The fourth-order valence-corrected chi connectivity index (χ4v) is 4.57. The van der Waals surface area contributed by atoms with Crippen LogP contribution in [0.1, 0.15) is 16.7 Å². The molecule has 3 N–H and O–H groups in total. The quantitative estimate of drug-likeness (QED) is 0.184. The third kappa shape index (κ3) is 5.62. The molecular weight excluding hydrogens is 562 g/mol. The number of hydrogen-bond donors (Lipinski definition) is 3. The van der Waals surface area contributed by atoms with Crippen molar-refractivity contribution in [1.82, 2.24) is 5.32 Å². The fraction of sp³-hybridized carbons (Fsp3) is 0.222. The van der Waals surface area contributed by atoms with Crippen molar-refractivity contribution in [2.45, 2.75) is 19.8 Å². The highest BCUT2D eigenvalue weighted by Crippen LogP contribution is 2.35. The Bertz CT molecular complexity index is 902. The average molecular weight is 578 g/mol. The summed E-state index contributed by atoms with van der Waals surface area (Å²) in [5.41, 5.74) is 2.49. The molecule has 0 bridgehead atoms. The maximum absolute atomic E-state index is 12.3. The Labute approximate surface area is 186 Å². The van der Waals surface area contributed by atoms with Gasteiger partial charge in [0.25, 0.3) is 5.91 Å². The summed E-state index contributed by atoms with van der Waals surface area (Å²) >= 11 is 9.77. The highest BCUT2D eigenvalue weighted by molar-refractivity contribution is 9.11. The number of benzene rings is 2. The second kappa shape index (κ2) is 10.1. The summed E-state index contributed by atoms with van der Waals surface area (Å²) in [5, 5.41) is 27.7. The van der Waals surface area contributed by atoms with Crippen molar-refractivity contribution in [3.63, 3.8) is 0 Å². The molecule has 2 rings (SSSR count). The minimum atomic E-state index is -0.498. The van der Waals surface area contributed by atoms with Gasteiger partial charge in [-0.1, -0.05) is 11.2 Å². The van der Waals surface area contributed by atoms with E-state index in [2.05, 4.69) is 63.4 Å². The van der Waals surface area contributed by atoms with Gasteiger partial charge in [0.15, 0.2) is 0 Å². The molecule has 28 heavy (non-hydrogen) atoms. The van der Waals surface area contributed by atoms with Crippen LogP contribution in [0, 0.1) is 11.8 Å². The van der Waals surface area contributed by atoms with E-state index in [0.29, 0.717) is 31.9 Å². The Morgan fingerprint density at radius 3 is 2.21 bits per heavy atom. The van der Waals surface area contributed by atoms with E-state index < -0.39 is 5.91 Å². The molecule has 0 saturated heterocycles. The van der Waals surface area contributed by atoms with Crippen molar-refractivity contribution in [3.05, 3.63) is 59.3 Å². The fourth-order valence-electron chi connectivity index (χ4n) is 2.54. The average Bonchev–Trinajstić information content (AvgIpc) is 2.63. The summed E-state index contributed by atoms with van der Waals surface area (Å²) in [6.45, 7) is 2.12. The molecule has 0 aliphatic heterocycles. The first-order chi connectivity index (χ1) is 13.3. The number of nitrogens with one attached hydrogen (secondary N) is 1. The van der Waals surface area contributed by atoms with Gasteiger partial charge in [0.1, 0.15) is 17.1 Å². The second-order valence-electron chi connectivity index (χ2n) is 5.97. The van der Waals surface area contributed by atoms with Crippen LogP contribution >= 0.6 is 47.8 Å². The number of carbonyl (C=O) groups is 1. The molecule has 2 aromatic rings. The molecule has 1 amide bonds. The van der Waals surface area contributed by atoms with Crippen molar-refractivity contribution in [2.24, 2.45) is 10.3 Å². The molecule has 0 atom stereocenters. The van der Waals surface area contributed by atoms with E-state index in [1.165, 1.54) is 0 Å². The molecular formula is C18H16Br3N3O4. The van der Waals surface area contributed by atoms with E-state index in [-0.39, 0.29) is 23.6 Å². The van der Waals surface area contributed by atoms with Gasteiger partial charge in [0.05, 0.1) is 4.47 Å². The summed E-state index contributed by atoms with van der Waals surface area (Å²) in [6.07, 6.45) is 0.615. The molecule has 10 heteroatoms. The van der Waals surface area contributed by atoms with Gasteiger partial charge in [-0.25, -0.2) is 0 Å². The summed E-state index contributed by atoms with van der Waals surface area (Å²) < 4.78 is 1.53. The lowest BCUT2D eigenvalue weighted by Gasteiger charge is -2.10. The number of oxime groups is 1. The lowest BCUT2D eigenvalue weighted by molar-refractivity contribution is -0.115. The number of amides is 1. The van der Waals surface area contributed by atoms with Gasteiger partial charge in [-0.05, 0) is 101 Å². The van der Waals surface area contributed by atoms with Gasteiger partial charge >= 0.3 is 0 Å². The minimum Gasteiger partial charge on any atom is -0.506 e. The van der Waals surface area contributed by atoms with Crippen LogP contribution in [0.5, 0.6) is 5.75 Å². The molecule has 0 radical (unpaired) electrons. The van der Waals surface area contributed by atoms with Crippen molar-refractivity contribution >= 4 is 65.1 Å². The van der Waals surface area contributed by atoms with Gasteiger partial charge in [-0.15, -0.1) is 4.91 Å². The Balaban J connectivity index is 2.00. The standard InChI is InChI=1S/C18H16Br3N3O4/c1-9-4-10(5-14(21)17(9)25)2-3-22-18(26)15(23-27)8-11-6-12(19)16(24-28)13(20)7-11/h4-7,25,27H,2-3,8H2,1H3,(H,22,26)/b23-15+. The number of aryl methyl sites for hydroxylation is 1. The van der Waals surface area contributed by atoms with Crippen LogP contribution in [0.15, 0.2) is 48.0 Å². The van der Waals surface area contributed by atoms with Crippen LogP contribution in [0.2, 0.25) is 0 Å². The number of hydrogen-bond acceptors (Lipinski definition) is 6. The van der Waals surface area contributed by atoms with Crippen molar-refractivity contribution in [3.8, 4) is 5.75 Å². The predicted molar refractivity (Wildman–Crippen MR) is 117 cm³/mol. The number of phenols is 1. The number of nitrogens with zero attached hydrogens (tertiary/aromatic N) is 2. The van der Waals surface area contributed by atoms with Gasteiger partial charge in [-0.2, -0.15) is 0 Å². The SMILES string of the molecule is Cc1cc(CCNC(=O)/C(Cc2cc(Br)c(N=O)c(Br)c2)=N/O)cc(Br)c1O. The topological polar surface area (TPSA) is 111 Å². The first kappa shape index (κ1) is 22.5. The smallest absolute Gasteiger partial charge is 0.269 e. The lowest BCUT2D eigenvalue weighted by atomic mass is 10.1. The molecule has 0 aromatic heterocycles. The highest BCUT2D eigenvalue weighted by Gasteiger charge is 2.16. The van der Waals surface area contributed by atoms with E-state index in [4.69, 9.17) is 0 Å². The van der Waals surface area contributed by atoms with Gasteiger partial charge in [-0.3, -0.25) is 4.79 Å². The zero-order valence-electron chi connectivity index (χ0n) is 14.7. The summed E-state index contributed by atoms with van der Waals surface area (Å²) in [4.78, 5) is 23.1. The zero-order valence-corrected chi connectivity index (χ0v) is 19.4. The number of aromatic hydroxyl groups is 1. The third-order valence-corrected chi connectivity index (χ3v) is 5.75. The third-order valence-electron chi connectivity index (χ3n) is 3.94. The largest absolute Gasteiger partial charge is 0.506 e. The molecule has 0 saturated carbocycles. The molecule has 0 aliphatic carbocycles. The van der Waals surface area contributed by atoms with Crippen LogP contribution in [0.4, 0.5) is 5.69 Å².